The van der Waals surface area contributed by atoms with Gasteiger partial charge in [-0.25, -0.2) is 5.06 Å². The molecule has 0 radical (unpaired) electrons. The van der Waals surface area contributed by atoms with Crippen LogP contribution in [0.25, 0.3) is 11.4 Å². The number of aryl methyl sites for hydroxylation is 1. The van der Waals surface area contributed by atoms with E-state index in [1.807, 2.05) is 12.1 Å². The lowest BCUT2D eigenvalue weighted by Crippen LogP contribution is -2.29. The third-order valence-electron chi connectivity index (χ3n) is 4.25. The molecular formula is C20H17ClF3N3O3. The fraction of sp³-hybridized carbons (Fsp3) is 0.250. The lowest BCUT2D eigenvalue weighted by atomic mass is 10.1. The normalized spacial score (nSPS) is 11.5. The number of carbonyl (C=O) groups excluding carboxylic acids is 1. The van der Waals surface area contributed by atoms with Crippen molar-refractivity contribution in [2.75, 3.05) is 7.11 Å². The van der Waals surface area contributed by atoms with Crippen molar-refractivity contribution in [1.29, 1.82) is 0 Å². The van der Waals surface area contributed by atoms with E-state index in [0.717, 1.165) is 11.1 Å². The number of hydrogen-bond donors (Lipinski definition) is 0. The molecule has 2 aromatic carbocycles. The van der Waals surface area contributed by atoms with Gasteiger partial charge in [0.25, 0.3) is 0 Å². The van der Waals surface area contributed by atoms with E-state index in [2.05, 4.69) is 14.7 Å². The number of hydrogen-bond acceptors (Lipinski definition) is 5. The van der Waals surface area contributed by atoms with Crippen LogP contribution in [-0.2, 0) is 28.8 Å². The minimum atomic E-state index is -4.70. The van der Waals surface area contributed by atoms with E-state index in [1.54, 1.807) is 36.4 Å². The van der Waals surface area contributed by atoms with Crippen molar-refractivity contribution in [3.63, 3.8) is 0 Å². The molecule has 1 amide bonds. The lowest BCUT2D eigenvalue weighted by molar-refractivity contribution is -0.179. The topological polar surface area (TPSA) is 68.5 Å². The average molecular weight is 440 g/mol. The number of hydroxylamine groups is 2. The van der Waals surface area contributed by atoms with E-state index in [-0.39, 0.29) is 24.7 Å². The van der Waals surface area contributed by atoms with Crippen LogP contribution in [0.5, 0.6) is 0 Å². The molecule has 0 fully saturated rings. The predicted molar refractivity (Wildman–Crippen MR) is 102 cm³/mol. The van der Waals surface area contributed by atoms with Crippen LogP contribution in [0, 0.1) is 0 Å². The molecule has 1 aromatic heterocycles. The van der Waals surface area contributed by atoms with Gasteiger partial charge in [-0.1, -0.05) is 53.2 Å². The van der Waals surface area contributed by atoms with Gasteiger partial charge in [0.05, 0.1) is 13.7 Å². The lowest BCUT2D eigenvalue weighted by Gasteiger charge is -2.20. The van der Waals surface area contributed by atoms with E-state index in [1.165, 1.54) is 12.2 Å². The van der Waals surface area contributed by atoms with Crippen LogP contribution >= 0.6 is 11.6 Å². The molecule has 0 saturated carbocycles. The summed E-state index contributed by atoms with van der Waals surface area (Å²) in [6, 6.07) is 13.6. The zero-order valence-electron chi connectivity index (χ0n) is 15.8. The minimum Gasteiger partial charge on any atom is -0.329 e. The Balaban J connectivity index is 1.60. The Labute approximate surface area is 175 Å². The third kappa shape index (κ3) is 5.58. The molecule has 1 heterocycles. The Morgan fingerprint density at radius 3 is 2.30 bits per heavy atom. The molecule has 6 nitrogen and oxygen atoms in total. The molecule has 0 atom stereocenters. The Hall–Kier alpha value is -2.91. The molecule has 30 heavy (non-hydrogen) atoms. The van der Waals surface area contributed by atoms with E-state index < -0.39 is 12.1 Å². The Morgan fingerprint density at radius 2 is 1.73 bits per heavy atom. The molecule has 0 aliphatic rings. The van der Waals surface area contributed by atoms with Gasteiger partial charge in [0, 0.05) is 17.0 Å². The Kier molecular flexibility index (Phi) is 6.73. The number of benzene rings is 2. The summed E-state index contributed by atoms with van der Waals surface area (Å²) < 4.78 is 42.0. The zero-order valence-corrected chi connectivity index (χ0v) is 16.6. The Morgan fingerprint density at radius 1 is 1.10 bits per heavy atom. The first-order valence-electron chi connectivity index (χ1n) is 8.85. The smallest absolute Gasteiger partial charge is 0.329 e. The van der Waals surface area contributed by atoms with Gasteiger partial charge in [-0.05, 0) is 29.7 Å². The summed E-state index contributed by atoms with van der Waals surface area (Å²) in [6.07, 6.45) is -3.92. The molecule has 0 spiro atoms. The third-order valence-corrected chi connectivity index (χ3v) is 4.50. The number of rotatable bonds is 7. The predicted octanol–water partition coefficient (Wildman–Crippen LogP) is 4.93. The number of halogens is 4. The van der Waals surface area contributed by atoms with Crippen molar-refractivity contribution < 1.29 is 27.3 Å². The monoisotopic (exact) mass is 439 g/mol. The fourth-order valence-corrected chi connectivity index (χ4v) is 2.79. The highest BCUT2D eigenvalue weighted by Crippen LogP contribution is 2.29. The quantitative estimate of drug-likeness (QED) is 0.488. The maximum atomic E-state index is 12.6. The van der Waals surface area contributed by atoms with E-state index >= 15 is 0 Å². The van der Waals surface area contributed by atoms with Gasteiger partial charge >= 0.3 is 12.1 Å². The van der Waals surface area contributed by atoms with Crippen molar-refractivity contribution in [3.05, 3.63) is 70.6 Å². The van der Waals surface area contributed by atoms with Gasteiger partial charge < -0.3 is 4.52 Å². The fourth-order valence-electron chi connectivity index (χ4n) is 2.66. The van der Waals surface area contributed by atoms with Crippen molar-refractivity contribution >= 4 is 17.5 Å². The number of nitrogens with zero attached hydrogens (tertiary/aromatic N) is 3. The van der Waals surface area contributed by atoms with E-state index in [0.29, 0.717) is 17.0 Å². The van der Waals surface area contributed by atoms with Crippen LogP contribution in [0.15, 0.2) is 53.1 Å². The first-order chi connectivity index (χ1) is 14.3. The van der Waals surface area contributed by atoms with Crippen LogP contribution in [-0.4, -0.2) is 28.2 Å². The average Bonchev–Trinajstić information content (AvgIpc) is 3.23. The molecule has 0 aliphatic heterocycles. The first kappa shape index (κ1) is 21.8. The molecule has 0 bridgehead atoms. The van der Waals surface area contributed by atoms with Crippen molar-refractivity contribution in [3.8, 4) is 11.4 Å². The zero-order chi connectivity index (χ0) is 21.7. The molecule has 3 aromatic rings. The van der Waals surface area contributed by atoms with Gasteiger partial charge in [-0.2, -0.15) is 18.2 Å². The highest BCUT2D eigenvalue weighted by atomic mass is 35.5. The van der Waals surface area contributed by atoms with Gasteiger partial charge in [-0.15, -0.1) is 0 Å². The van der Waals surface area contributed by atoms with Crippen molar-refractivity contribution in [1.82, 2.24) is 15.2 Å². The van der Waals surface area contributed by atoms with E-state index in [4.69, 9.17) is 16.4 Å². The van der Waals surface area contributed by atoms with Gasteiger partial charge in [0.15, 0.2) is 0 Å². The maximum Gasteiger partial charge on any atom is 0.471 e. The molecule has 0 aliphatic carbocycles. The number of amides is 1. The summed E-state index contributed by atoms with van der Waals surface area (Å²) in [5.41, 5.74) is 2.06. The number of alkyl halides is 3. The molecule has 0 N–H and O–H groups in total. The van der Waals surface area contributed by atoms with Crippen LogP contribution in [0.1, 0.15) is 23.4 Å². The standard InChI is InChI=1S/C20H17ClF3N3O3/c1-29-27(17(28)11-6-13-4-9-16(21)10-5-13)12-14-2-7-15(8-3-14)18-25-19(30-26-18)20(22,23)24/h2-5,7-10H,6,11-12H2,1H3. The maximum absolute atomic E-state index is 12.6. The van der Waals surface area contributed by atoms with Gasteiger partial charge in [-0.3, -0.25) is 9.63 Å². The van der Waals surface area contributed by atoms with Crippen LogP contribution in [0.4, 0.5) is 13.2 Å². The second-order valence-corrected chi connectivity index (χ2v) is 6.79. The van der Waals surface area contributed by atoms with Crippen molar-refractivity contribution in [2.45, 2.75) is 25.6 Å². The highest BCUT2D eigenvalue weighted by Gasteiger charge is 2.38. The van der Waals surface area contributed by atoms with Crippen LogP contribution < -0.4 is 0 Å². The summed E-state index contributed by atoms with van der Waals surface area (Å²) >= 11 is 5.85. The molecule has 158 valence electrons. The summed E-state index contributed by atoms with van der Waals surface area (Å²) in [5, 5.41) is 5.19. The Bertz CT molecular complexity index is 989. The molecule has 0 unspecified atom stereocenters. The second-order valence-electron chi connectivity index (χ2n) is 6.36. The minimum absolute atomic E-state index is 0.170. The number of carbonyl (C=O) groups is 1. The van der Waals surface area contributed by atoms with Crippen LogP contribution in [0.2, 0.25) is 5.02 Å². The summed E-state index contributed by atoms with van der Waals surface area (Å²) in [4.78, 5) is 21.0. The van der Waals surface area contributed by atoms with Crippen molar-refractivity contribution in [2.24, 2.45) is 0 Å². The first-order valence-corrected chi connectivity index (χ1v) is 9.23. The van der Waals surface area contributed by atoms with Crippen LogP contribution in [0.3, 0.4) is 0 Å². The summed E-state index contributed by atoms with van der Waals surface area (Å²) in [6.45, 7) is 0.177. The van der Waals surface area contributed by atoms with Gasteiger partial charge in [0.1, 0.15) is 0 Å². The van der Waals surface area contributed by atoms with Gasteiger partial charge in [0.2, 0.25) is 11.7 Å². The molecule has 3 rings (SSSR count). The summed E-state index contributed by atoms with van der Waals surface area (Å²) in [5.74, 6) is -1.78. The summed E-state index contributed by atoms with van der Waals surface area (Å²) in [7, 11) is 1.40. The highest BCUT2D eigenvalue weighted by molar-refractivity contribution is 6.30. The number of aromatic nitrogens is 2. The molecule has 0 saturated heterocycles. The second kappa shape index (κ2) is 9.27. The SMILES string of the molecule is CON(Cc1ccc(-c2noc(C(F)(F)F)n2)cc1)C(=O)CCc1ccc(Cl)cc1. The molecular weight excluding hydrogens is 423 g/mol. The largest absolute Gasteiger partial charge is 0.471 e. The molecule has 10 heteroatoms. The van der Waals surface area contributed by atoms with E-state index in [9.17, 15) is 18.0 Å².